The summed E-state index contributed by atoms with van der Waals surface area (Å²) in [6.07, 6.45) is 3.80. The highest BCUT2D eigenvalue weighted by Gasteiger charge is 2.26. The molecule has 186 valence electrons. The van der Waals surface area contributed by atoms with Crippen molar-refractivity contribution in [2.24, 2.45) is 0 Å². The summed E-state index contributed by atoms with van der Waals surface area (Å²) in [5.41, 5.74) is 19.3. The molecule has 4 nitrogen and oxygen atoms in total. The van der Waals surface area contributed by atoms with Gasteiger partial charge in [-0.1, -0.05) is 27.7 Å². The second-order valence-corrected chi connectivity index (χ2v) is 10.1. The SMILES string of the molecule is CCC1=C(CC)c2nc1cc1ccc(cc3[nH]c(c(C)c4nc(c2CC)C(CC)=C4C)c(C)c3C)[nH]1. The molecule has 36 heavy (non-hydrogen) atoms. The average molecular weight is 479 g/mol. The molecule has 5 heterocycles. The van der Waals surface area contributed by atoms with Crippen LogP contribution in [-0.4, -0.2) is 19.9 Å². The molecule has 0 amide bonds. The molecule has 8 bridgehead atoms. The molecule has 3 aromatic heterocycles. The van der Waals surface area contributed by atoms with E-state index in [9.17, 15) is 0 Å². The first-order valence-corrected chi connectivity index (χ1v) is 13.5. The van der Waals surface area contributed by atoms with Crippen LogP contribution < -0.4 is 0 Å². The molecule has 2 aliphatic heterocycles. The highest BCUT2D eigenvalue weighted by atomic mass is 14.8. The predicted molar refractivity (Wildman–Crippen MR) is 155 cm³/mol. The van der Waals surface area contributed by atoms with Crippen LogP contribution in [0.15, 0.2) is 24.3 Å². The topological polar surface area (TPSA) is 57.4 Å². The van der Waals surface area contributed by atoms with Crippen molar-refractivity contribution in [2.45, 2.75) is 81.1 Å². The summed E-state index contributed by atoms with van der Waals surface area (Å²) in [4.78, 5) is 18.0. The summed E-state index contributed by atoms with van der Waals surface area (Å²) in [5, 5.41) is 0. The third-order valence-corrected chi connectivity index (χ3v) is 8.15. The van der Waals surface area contributed by atoms with Crippen molar-refractivity contribution >= 4 is 44.4 Å². The van der Waals surface area contributed by atoms with E-state index in [1.807, 2.05) is 0 Å². The van der Waals surface area contributed by atoms with Gasteiger partial charge in [-0.25, -0.2) is 9.97 Å². The number of hydrogen-bond donors (Lipinski definition) is 2. The number of aromatic nitrogens is 4. The standard InChI is InChI=1S/C32H38N4/c1-9-23-19(7)30-20(8)29-18(6)17(5)27(34-29)15-21-13-14-22(33-21)16-28-24(10-2)25(11-3)32(35-28)26(12-4)31(23)36-30/h13-16,33-34H,9-12H2,1-8H3. The number of fused-ring (bicyclic) bond motifs is 8. The zero-order chi connectivity index (χ0) is 25.7. The van der Waals surface area contributed by atoms with Gasteiger partial charge in [-0.05, 0) is 117 Å². The minimum Gasteiger partial charge on any atom is -0.355 e. The Morgan fingerprint density at radius 2 is 1.25 bits per heavy atom. The van der Waals surface area contributed by atoms with Gasteiger partial charge in [0.25, 0.3) is 0 Å². The number of nitrogens with zero attached hydrogens (tertiary/aromatic N) is 2. The lowest BCUT2D eigenvalue weighted by atomic mass is 9.93. The van der Waals surface area contributed by atoms with Crippen molar-refractivity contribution < 1.29 is 0 Å². The molecule has 2 N–H and O–H groups in total. The molecule has 5 rings (SSSR count). The molecule has 0 radical (unpaired) electrons. The third kappa shape index (κ3) is 3.66. The van der Waals surface area contributed by atoms with Crippen LogP contribution in [0.3, 0.4) is 0 Å². The van der Waals surface area contributed by atoms with Gasteiger partial charge < -0.3 is 9.97 Å². The summed E-state index contributed by atoms with van der Waals surface area (Å²) in [5.74, 6) is 0. The van der Waals surface area contributed by atoms with Gasteiger partial charge in [0.1, 0.15) is 0 Å². The minimum absolute atomic E-state index is 0.904. The van der Waals surface area contributed by atoms with E-state index in [-0.39, 0.29) is 0 Å². The molecular formula is C32H38N4. The first-order valence-electron chi connectivity index (χ1n) is 13.5. The first kappa shape index (κ1) is 24.3. The zero-order valence-corrected chi connectivity index (χ0v) is 23.0. The molecule has 0 spiro atoms. The fourth-order valence-corrected chi connectivity index (χ4v) is 6.03. The number of allylic oxidation sites excluding steroid dienone is 4. The molecule has 3 aromatic rings. The summed E-state index contributed by atoms with van der Waals surface area (Å²) in [6, 6.07) is 8.73. The Bertz CT molecular complexity index is 1600. The van der Waals surface area contributed by atoms with E-state index < -0.39 is 0 Å². The van der Waals surface area contributed by atoms with Crippen molar-refractivity contribution in [3.63, 3.8) is 0 Å². The van der Waals surface area contributed by atoms with Crippen molar-refractivity contribution in [3.05, 3.63) is 69.3 Å². The smallest absolute Gasteiger partial charge is 0.0725 e. The van der Waals surface area contributed by atoms with Crippen LogP contribution in [0.4, 0.5) is 0 Å². The highest BCUT2D eigenvalue weighted by Crippen LogP contribution is 2.41. The lowest BCUT2D eigenvalue weighted by Crippen LogP contribution is -1.97. The van der Waals surface area contributed by atoms with E-state index in [0.29, 0.717) is 0 Å². The Hall–Kier alpha value is -3.40. The Kier molecular flexibility index (Phi) is 6.23. The molecule has 2 aliphatic rings. The van der Waals surface area contributed by atoms with Gasteiger partial charge in [0.2, 0.25) is 0 Å². The molecule has 4 heteroatoms. The fraction of sp³-hybridized carbons (Fsp3) is 0.375. The van der Waals surface area contributed by atoms with Gasteiger partial charge in [-0.15, -0.1) is 0 Å². The highest BCUT2D eigenvalue weighted by molar-refractivity contribution is 5.97. The first-order chi connectivity index (χ1) is 17.3. The van der Waals surface area contributed by atoms with Crippen molar-refractivity contribution in [1.82, 2.24) is 19.9 Å². The van der Waals surface area contributed by atoms with Gasteiger partial charge in [0.05, 0.1) is 22.8 Å². The number of H-pyrrole nitrogens is 2. The number of nitrogens with one attached hydrogen (secondary N) is 2. The Balaban J connectivity index is 2.04. The molecular weight excluding hydrogens is 440 g/mol. The fourth-order valence-electron chi connectivity index (χ4n) is 6.03. The second-order valence-electron chi connectivity index (χ2n) is 10.1. The Labute approximate surface area is 214 Å². The Morgan fingerprint density at radius 3 is 1.89 bits per heavy atom. The third-order valence-electron chi connectivity index (χ3n) is 8.15. The van der Waals surface area contributed by atoms with Gasteiger partial charge >= 0.3 is 0 Å². The maximum absolute atomic E-state index is 5.36. The lowest BCUT2D eigenvalue weighted by molar-refractivity contribution is 1.04. The van der Waals surface area contributed by atoms with Crippen LogP contribution in [-0.2, 0) is 6.42 Å². The summed E-state index contributed by atoms with van der Waals surface area (Å²) in [7, 11) is 0. The predicted octanol–water partition coefficient (Wildman–Crippen LogP) is 8.87. The molecule has 0 atom stereocenters. The van der Waals surface area contributed by atoms with Crippen LogP contribution in [0.5, 0.6) is 0 Å². The van der Waals surface area contributed by atoms with E-state index in [4.69, 9.17) is 9.97 Å². The largest absolute Gasteiger partial charge is 0.355 e. The van der Waals surface area contributed by atoms with E-state index in [1.165, 1.54) is 50.1 Å². The van der Waals surface area contributed by atoms with Crippen LogP contribution in [0.25, 0.3) is 44.4 Å². The van der Waals surface area contributed by atoms with Gasteiger partial charge in [-0.2, -0.15) is 0 Å². The minimum atomic E-state index is 0.904. The van der Waals surface area contributed by atoms with Crippen LogP contribution in [0.1, 0.15) is 98.9 Å². The number of aromatic amines is 2. The molecule has 0 aromatic carbocycles. The van der Waals surface area contributed by atoms with E-state index in [2.05, 4.69) is 89.6 Å². The molecule has 0 aliphatic carbocycles. The summed E-state index contributed by atoms with van der Waals surface area (Å²) >= 11 is 0. The molecule has 0 saturated carbocycles. The molecule has 0 saturated heterocycles. The molecule has 0 fully saturated rings. The second kappa shape index (κ2) is 9.24. The maximum atomic E-state index is 5.36. The van der Waals surface area contributed by atoms with Gasteiger partial charge in [0.15, 0.2) is 0 Å². The van der Waals surface area contributed by atoms with E-state index in [1.54, 1.807) is 0 Å². The van der Waals surface area contributed by atoms with E-state index in [0.717, 1.165) is 65.0 Å². The summed E-state index contributed by atoms with van der Waals surface area (Å²) in [6.45, 7) is 17.8. The van der Waals surface area contributed by atoms with Crippen LogP contribution in [0, 0.1) is 20.8 Å². The van der Waals surface area contributed by atoms with Gasteiger partial charge in [-0.3, -0.25) is 0 Å². The Morgan fingerprint density at radius 1 is 0.611 bits per heavy atom. The molecule has 0 unspecified atom stereocenters. The van der Waals surface area contributed by atoms with Crippen LogP contribution >= 0.6 is 0 Å². The average Bonchev–Trinajstić information content (AvgIpc) is 3.61. The number of rotatable bonds is 4. The number of aryl methyl sites for hydroxylation is 3. The zero-order valence-electron chi connectivity index (χ0n) is 23.0. The normalized spacial score (nSPS) is 13.8. The van der Waals surface area contributed by atoms with Gasteiger partial charge in [0, 0.05) is 27.6 Å². The number of hydrogen-bond acceptors (Lipinski definition) is 2. The lowest BCUT2D eigenvalue weighted by Gasteiger charge is -2.10. The van der Waals surface area contributed by atoms with Crippen LogP contribution in [0.2, 0.25) is 0 Å². The monoisotopic (exact) mass is 478 g/mol. The maximum Gasteiger partial charge on any atom is 0.0725 e. The van der Waals surface area contributed by atoms with Crippen molar-refractivity contribution in [1.29, 1.82) is 0 Å². The van der Waals surface area contributed by atoms with Crippen molar-refractivity contribution in [3.8, 4) is 0 Å². The van der Waals surface area contributed by atoms with E-state index >= 15 is 0 Å². The quantitative estimate of drug-likeness (QED) is 0.393. The summed E-state index contributed by atoms with van der Waals surface area (Å²) < 4.78 is 0. The van der Waals surface area contributed by atoms with Crippen molar-refractivity contribution in [2.75, 3.05) is 0 Å².